The maximum atomic E-state index is 12.5. The van der Waals surface area contributed by atoms with Crippen molar-refractivity contribution < 1.29 is 14.3 Å². The van der Waals surface area contributed by atoms with Crippen molar-refractivity contribution >= 4 is 28.7 Å². The number of rotatable bonds is 2. The van der Waals surface area contributed by atoms with Gasteiger partial charge in [-0.2, -0.15) is 0 Å². The number of thiophene rings is 1. The van der Waals surface area contributed by atoms with Gasteiger partial charge in [-0.25, -0.2) is 0 Å². The zero-order valence-electron chi connectivity index (χ0n) is 10.9. The molecule has 0 atom stereocenters. The van der Waals surface area contributed by atoms with Gasteiger partial charge in [-0.3, -0.25) is 4.79 Å². The van der Waals surface area contributed by atoms with Crippen molar-refractivity contribution in [3.63, 3.8) is 0 Å². The van der Waals surface area contributed by atoms with E-state index in [0.717, 1.165) is 12.0 Å². The zero-order valence-corrected chi connectivity index (χ0v) is 12.5. The average molecular weight is 309 g/mol. The summed E-state index contributed by atoms with van der Waals surface area (Å²) in [7, 11) is 0. The van der Waals surface area contributed by atoms with Gasteiger partial charge in [-0.1, -0.05) is 11.6 Å². The molecule has 0 aliphatic carbocycles. The van der Waals surface area contributed by atoms with E-state index in [0.29, 0.717) is 40.2 Å². The van der Waals surface area contributed by atoms with Gasteiger partial charge >= 0.3 is 0 Å². The number of ether oxygens (including phenoxy) is 2. The Morgan fingerprint density at radius 1 is 1.25 bits per heavy atom. The van der Waals surface area contributed by atoms with E-state index in [-0.39, 0.29) is 5.78 Å². The van der Waals surface area contributed by atoms with Gasteiger partial charge in [-0.05, 0) is 36.1 Å². The Kier molecular flexibility index (Phi) is 3.68. The molecule has 1 aliphatic rings. The Labute approximate surface area is 126 Å². The summed E-state index contributed by atoms with van der Waals surface area (Å²) in [5.41, 5.74) is 1.49. The molecular weight excluding hydrogens is 296 g/mol. The Balaban J connectivity index is 1.96. The lowest BCUT2D eigenvalue weighted by Crippen LogP contribution is -2.01. The molecular formula is C15H13ClO3S. The second kappa shape index (κ2) is 5.46. The molecule has 1 aliphatic heterocycles. The highest BCUT2D eigenvalue weighted by Gasteiger charge is 2.19. The van der Waals surface area contributed by atoms with Crippen molar-refractivity contribution in [2.24, 2.45) is 0 Å². The van der Waals surface area contributed by atoms with Crippen molar-refractivity contribution in [1.29, 1.82) is 0 Å². The van der Waals surface area contributed by atoms with E-state index >= 15 is 0 Å². The molecule has 0 radical (unpaired) electrons. The largest absolute Gasteiger partial charge is 0.490 e. The monoisotopic (exact) mass is 308 g/mol. The topological polar surface area (TPSA) is 35.5 Å². The maximum Gasteiger partial charge on any atom is 0.204 e. The molecule has 3 nitrogen and oxygen atoms in total. The van der Waals surface area contributed by atoms with Crippen LogP contribution in [-0.2, 0) is 0 Å². The highest BCUT2D eigenvalue weighted by molar-refractivity contribution is 7.13. The van der Waals surface area contributed by atoms with E-state index in [4.69, 9.17) is 21.1 Å². The SMILES string of the molecule is Cc1csc(C(=O)c2ccc3c(c2)OCCCO3)c1Cl. The third-order valence-corrected chi connectivity index (χ3v) is 4.81. The highest BCUT2D eigenvalue weighted by atomic mass is 35.5. The highest BCUT2D eigenvalue weighted by Crippen LogP contribution is 2.34. The van der Waals surface area contributed by atoms with Crippen LogP contribution >= 0.6 is 22.9 Å². The van der Waals surface area contributed by atoms with Gasteiger partial charge in [0, 0.05) is 12.0 Å². The number of benzene rings is 1. The normalized spacial score (nSPS) is 13.9. The van der Waals surface area contributed by atoms with Gasteiger partial charge in [0.2, 0.25) is 5.78 Å². The summed E-state index contributed by atoms with van der Waals surface area (Å²) in [6, 6.07) is 5.26. The average Bonchev–Trinajstić information content (AvgIpc) is 2.68. The third-order valence-electron chi connectivity index (χ3n) is 3.12. The number of ketones is 1. The molecule has 5 heteroatoms. The van der Waals surface area contributed by atoms with Crippen LogP contribution in [0.1, 0.15) is 27.2 Å². The maximum absolute atomic E-state index is 12.5. The molecule has 0 N–H and O–H groups in total. The van der Waals surface area contributed by atoms with Gasteiger partial charge in [0.15, 0.2) is 11.5 Å². The second-order valence-electron chi connectivity index (χ2n) is 4.60. The molecule has 0 spiro atoms. The molecule has 0 saturated carbocycles. The number of carbonyl (C=O) groups is 1. The number of carbonyl (C=O) groups excluding carboxylic acids is 1. The summed E-state index contributed by atoms with van der Waals surface area (Å²) in [4.78, 5) is 13.0. The van der Waals surface area contributed by atoms with Crippen LogP contribution in [0, 0.1) is 6.92 Å². The van der Waals surface area contributed by atoms with Gasteiger partial charge in [0.1, 0.15) is 0 Å². The molecule has 20 heavy (non-hydrogen) atoms. The first kappa shape index (κ1) is 13.5. The van der Waals surface area contributed by atoms with E-state index < -0.39 is 0 Å². The summed E-state index contributed by atoms with van der Waals surface area (Å²) < 4.78 is 11.2. The fourth-order valence-corrected chi connectivity index (χ4v) is 3.26. The molecule has 1 aromatic carbocycles. The van der Waals surface area contributed by atoms with E-state index in [1.165, 1.54) is 11.3 Å². The van der Waals surface area contributed by atoms with E-state index in [1.54, 1.807) is 18.2 Å². The minimum absolute atomic E-state index is 0.0799. The summed E-state index contributed by atoms with van der Waals surface area (Å²) in [6.07, 6.45) is 0.841. The quantitative estimate of drug-likeness (QED) is 0.783. The third kappa shape index (κ3) is 2.41. The number of fused-ring (bicyclic) bond motifs is 1. The van der Waals surface area contributed by atoms with Crippen LogP contribution < -0.4 is 9.47 Å². The van der Waals surface area contributed by atoms with Gasteiger partial charge < -0.3 is 9.47 Å². The summed E-state index contributed by atoms with van der Waals surface area (Å²) in [6.45, 7) is 3.13. The second-order valence-corrected chi connectivity index (χ2v) is 5.86. The molecule has 0 fully saturated rings. The first-order valence-electron chi connectivity index (χ1n) is 6.35. The van der Waals surface area contributed by atoms with Crippen molar-refractivity contribution in [2.75, 3.05) is 13.2 Å². The Hall–Kier alpha value is -1.52. The van der Waals surface area contributed by atoms with Crippen molar-refractivity contribution in [3.05, 3.63) is 44.6 Å². The zero-order chi connectivity index (χ0) is 14.1. The van der Waals surface area contributed by atoms with Crippen LogP contribution in [0.25, 0.3) is 0 Å². The lowest BCUT2D eigenvalue weighted by Gasteiger charge is -2.08. The summed E-state index contributed by atoms with van der Waals surface area (Å²) in [5, 5.41) is 2.42. The minimum Gasteiger partial charge on any atom is -0.490 e. The fraction of sp³-hybridized carbons (Fsp3) is 0.267. The lowest BCUT2D eigenvalue weighted by molar-refractivity contribution is 0.104. The van der Waals surface area contributed by atoms with Crippen molar-refractivity contribution in [2.45, 2.75) is 13.3 Å². The molecule has 2 aromatic rings. The molecule has 0 amide bonds. The fourth-order valence-electron chi connectivity index (χ4n) is 2.02. The molecule has 1 aromatic heterocycles. The Morgan fingerprint density at radius 3 is 2.70 bits per heavy atom. The van der Waals surface area contributed by atoms with E-state index in [2.05, 4.69) is 0 Å². The number of aryl methyl sites for hydroxylation is 1. The van der Waals surface area contributed by atoms with Gasteiger partial charge in [-0.15, -0.1) is 11.3 Å². The first-order chi connectivity index (χ1) is 9.66. The van der Waals surface area contributed by atoms with Gasteiger partial charge in [0.05, 0.1) is 23.1 Å². The molecule has 3 rings (SSSR count). The predicted octanol–water partition coefficient (Wildman–Crippen LogP) is 4.10. The summed E-state index contributed by atoms with van der Waals surface area (Å²) >= 11 is 7.52. The molecule has 104 valence electrons. The summed E-state index contributed by atoms with van der Waals surface area (Å²) in [5.74, 6) is 1.23. The molecule has 0 saturated heterocycles. The van der Waals surface area contributed by atoms with Crippen LogP contribution in [0.5, 0.6) is 11.5 Å². The van der Waals surface area contributed by atoms with Crippen LogP contribution in [0.4, 0.5) is 0 Å². The van der Waals surface area contributed by atoms with Crippen molar-refractivity contribution in [3.8, 4) is 11.5 Å². The molecule has 0 bridgehead atoms. The Morgan fingerprint density at radius 2 is 2.00 bits per heavy atom. The number of hydrogen-bond donors (Lipinski definition) is 0. The van der Waals surface area contributed by atoms with E-state index in [9.17, 15) is 4.79 Å². The molecule has 0 unspecified atom stereocenters. The van der Waals surface area contributed by atoms with E-state index in [1.807, 2.05) is 12.3 Å². The van der Waals surface area contributed by atoms with Gasteiger partial charge in [0.25, 0.3) is 0 Å². The Bertz CT molecular complexity index is 663. The number of hydrogen-bond acceptors (Lipinski definition) is 4. The first-order valence-corrected chi connectivity index (χ1v) is 7.60. The van der Waals surface area contributed by atoms with Crippen LogP contribution in [-0.4, -0.2) is 19.0 Å². The standard InChI is InChI=1S/C15H13ClO3S/c1-9-8-20-15(13(9)16)14(17)10-3-4-11-12(7-10)19-6-2-5-18-11/h3-4,7-8H,2,5-6H2,1H3. The minimum atomic E-state index is -0.0799. The predicted molar refractivity (Wildman–Crippen MR) is 79.5 cm³/mol. The number of halogens is 1. The van der Waals surface area contributed by atoms with Crippen molar-refractivity contribution in [1.82, 2.24) is 0 Å². The lowest BCUT2D eigenvalue weighted by atomic mass is 10.1. The van der Waals surface area contributed by atoms with Crippen LogP contribution in [0.2, 0.25) is 5.02 Å². The van der Waals surface area contributed by atoms with Crippen LogP contribution in [0.3, 0.4) is 0 Å². The molecule has 2 heterocycles. The van der Waals surface area contributed by atoms with Crippen LogP contribution in [0.15, 0.2) is 23.6 Å². The smallest absolute Gasteiger partial charge is 0.204 e.